The van der Waals surface area contributed by atoms with Gasteiger partial charge < -0.3 is 45.7 Å². The zero-order chi connectivity index (χ0) is 42.4. The molecule has 0 spiro atoms. The molecular weight excluding hydrogens is 724 g/mol. The molecule has 0 aliphatic rings. The molecule has 1 rings (SSSR count). The maximum atomic E-state index is 13.6. The Hall–Kier alpha value is -4.73. The van der Waals surface area contributed by atoms with Gasteiger partial charge in [0.2, 0.25) is 11.8 Å². The Labute approximate surface area is 332 Å². The first kappa shape index (κ1) is 49.3. The normalized spacial score (nSPS) is 12.3. The number of nitrogens with one attached hydrogen (secondary N) is 3. The number of carbonyl (C=O) groups excluding carboxylic acids is 7. The van der Waals surface area contributed by atoms with Crippen molar-refractivity contribution in [3.63, 3.8) is 0 Å². The second-order valence-electron chi connectivity index (χ2n) is 15.7. The molecule has 0 aromatic heterocycles. The molecule has 0 saturated carbocycles. The van der Waals surface area contributed by atoms with Gasteiger partial charge in [0.1, 0.15) is 18.0 Å². The molecule has 0 aliphatic carbocycles. The molecule has 1 aromatic carbocycles. The average molecular weight is 791 g/mol. The first-order valence-electron chi connectivity index (χ1n) is 19.3. The highest BCUT2D eigenvalue weighted by molar-refractivity contribution is 5.93. The fourth-order valence-electron chi connectivity index (χ4n) is 5.24. The standard InChI is InChI=1S/C40H66N6O10/c1-27(2)23-35(49)42-18-22-54-21-16-31(47)25-32(28(3)4)36(50)44-33(11-10-17-43-37(41)51)34(48)24-29-12-14-30(15-13-29)26-55-38(52)45(8)19-20-46(9)39(53)56-40(5,6)7/h12-15,27-28,32-33H,10-11,16-26H2,1-9H3,(H,42,49)(H,44,50)(H3,41,43,51)/t32-,33-/m0/s1. The van der Waals surface area contributed by atoms with Crippen LogP contribution < -0.4 is 21.7 Å². The van der Waals surface area contributed by atoms with Gasteiger partial charge in [0.05, 0.1) is 19.3 Å². The maximum absolute atomic E-state index is 13.6. The summed E-state index contributed by atoms with van der Waals surface area (Å²) in [7, 11) is 3.15. The van der Waals surface area contributed by atoms with E-state index in [9.17, 15) is 33.6 Å². The number of hydrogen-bond acceptors (Lipinski definition) is 10. The van der Waals surface area contributed by atoms with Crippen LogP contribution in [0.15, 0.2) is 24.3 Å². The van der Waals surface area contributed by atoms with Crippen molar-refractivity contribution in [2.24, 2.45) is 23.5 Å². The van der Waals surface area contributed by atoms with E-state index in [4.69, 9.17) is 19.9 Å². The molecule has 0 fully saturated rings. The Balaban J connectivity index is 2.75. The topological polar surface area (TPSA) is 216 Å². The number of carbonyl (C=O) groups is 7. The summed E-state index contributed by atoms with van der Waals surface area (Å²) < 4.78 is 16.2. The minimum Gasteiger partial charge on any atom is -0.445 e. The number of ether oxygens (including phenoxy) is 3. The van der Waals surface area contributed by atoms with Crippen LogP contribution in [-0.2, 0) is 46.4 Å². The number of primary amides is 1. The largest absolute Gasteiger partial charge is 0.445 e. The first-order valence-corrected chi connectivity index (χ1v) is 19.3. The summed E-state index contributed by atoms with van der Waals surface area (Å²) in [4.78, 5) is 90.3. The third-order valence-electron chi connectivity index (χ3n) is 8.50. The first-order chi connectivity index (χ1) is 26.2. The summed E-state index contributed by atoms with van der Waals surface area (Å²) in [6.07, 6.45) is 0.0686. The van der Waals surface area contributed by atoms with Crippen molar-refractivity contribution in [2.45, 2.75) is 105 Å². The third kappa shape index (κ3) is 22.0. The van der Waals surface area contributed by atoms with E-state index in [2.05, 4.69) is 16.0 Å². The van der Waals surface area contributed by atoms with Crippen molar-refractivity contribution >= 4 is 41.6 Å². The lowest BCUT2D eigenvalue weighted by atomic mass is 9.88. The van der Waals surface area contributed by atoms with Crippen LogP contribution in [0.25, 0.3) is 0 Å². The third-order valence-corrected chi connectivity index (χ3v) is 8.50. The molecule has 56 heavy (non-hydrogen) atoms. The summed E-state index contributed by atoms with van der Waals surface area (Å²) in [6, 6.07) is 5.39. The van der Waals surface area contributed by atoms with E-state index in [1.54, 1.807) is 59.1 Å². The lowest BCUT2D eigenvalue weighted by molar-refractivity contribution is -0.133. The van der Waals surface area contributed by atoms with Crippen molar-refractivity contribution in [1.29, 1.82) is 0 Å². The molecule has 16 heteroatoms. The van der Waals surface area contributed by atoms with E-state index < -0.39 is 41.7 Å². The lowest BCUT2D eigenvalue weighted by Gasteiger charge is -2.26. The summed E-state index contributed by atoms with van der Waals surface area (Å²) in [5.74, 6) is -1.49. The Kier molecular flexibility index (Phi) is 22.4. The molecule has 0 heterocycles. The number of Topliss-reactive ketones (excluding diaryl/α,β-unsaturated/α-hetero) is 2. The average Bonchev–Trinajstić information content (AvgIpc) is 3.10. The van der Waals surface area contributed by atoms with Crippen LogP contribution >= 0.6 is 0 Å². The SMILES string of the molecule is CC(C)CC(=O)NCCOCCC(=O)C[C@H](C(=O)N[C@@H](CCCNC(N)=O)C(=O)Cc1ccc(COC(=O)N(C)CCN(C)C(=O)OC(C)(C)C)cc1)C(C)C. The minimum absolute atomic E-state index is 0.00268. The zero-order valence-corrected chi connectivity index (χ0v) is 34.9. The molecule has 0 radical (unpaired) electrons. The molecule has 0 unspecified atom stereocenters. The van der Waals surface area contributed by atoms with Gasteiger partial charge in [-0.25, -0.2) is 14.4 Å². The molecule has 0 saturated heterocycles. The van der Waals surface area contributed by atoms with Crippen molar-refractivity contribution in [2.75, 3.05) is 53.5 Å². The van der Waals surface area contributed by atoms with Crippen molar-refractivity contribution in [3.05, 3.63) is 35.4 Å². The highest BCUT2D eigenvalue weighted by Crippen LogP contribution is 2.19. The van der Waals surface area contributed by atoms with Gasteiger partial charge in [-0.3, -0.25) is 19.2 Å². The van der Waals surface area contributed by atoms with E-state index in [0.717, 1.165) is 0 Å². The van der Waals surface area contributed by atoms with Crippen LogP contribution in [0.4, 0.5) is 14.4 Å². The van der Waals surface area contributed by atoms with Crippen LogP contribution in [-0.4, -0.2) is 117 Å². The highest BCUT2D eigenvalue weighted by Gasteiger charge is 2.29. The summed E-state index contributed by atoms with van der Waals surface area (Å²) in [5, 5.41) is 8.12. The Bertz CT molecular complexity index is 1430. The summed E-state index contributed by atoms with van der Waals surface area (Å²) in [6.45, 7) is 14.4. The molecule has 16 nitrogen and oxygen atoms in total. The van der Waals surface area contributed by atoms with Crippen molar-refractivity contribution in [1.82, 2.24) is 25.8 Å². The molecular formula is C40H66N6O10. The monoisotopic (exact) mass is 790 g/mol. The van der Waals surface area contributed by atoms with Crippen LogP contribution in [0, 0.1) is 17.8 Å². The van der Waals surface area contributed by atoms with E-state index >= 15 is 0 Å². The lowest BCUT2D eigenvalue weighted by Crippen LogP contribution is -2.46. The maximum Gasteiger partial charge on any atom is 0.410 e. The predicted octanol–water partition coefficient (Wildman–Crippen LogP) is 3.97. The fourth-order valence-corrected chi connectivity index (χ4v) is 5.24. The molecule has 316 valence electrons. The van der Waals surface area contributed by atoms with Gasteiger partial charge in [0.15, 0.2) is 5.78 Å². The number of rotatable bonds is 25. The highest BCUT2D eigenvalue weighted by atomic mass is 16.6. The number of nitrogens with zero attached hydrogens (tertiary/aromatic N) is 2. The number of likely N-dealkylation sites (N-methyl/N-ethyl adjacent to an activating group) is 2. The summed E-state index contributed by atoms with van der Waals surface area (Å²) in [5.41, 5.74) is 5.92. The smallest absolute Gasteiger partial charge is 0.410 e. The predicted molar refractivity (Wildman–Crippen MR) is 211 cm³/mol. The molecule has 5 N–H and O–H groups in total. The number of ketones is 2. The van der Waals surface area contributed by atoms with E-state index in [1.807, 2.05) is 27.7 Å². The van der Waals surface area contributed by atoms with Crippen LogP contribution in [0.2, 0.25) is 0 Å². The van der Waals surface area contributed by atoms with Gasteiger partial charge in [-0.05, 0) is 56.6 Å². The van der Waals surface area contributed by atoms with Crippen molar-refractivity contribution in [3.8, 4) is 0 Å². The van der Waals surface area contributed by atoms with Gasteiger partial charge in [-0.15, -0.1) is 0 Å². The van der Waals surface area contributed by atoms with Crippen molar-refractivity contribution < 1.29 is 47.8 Å². The fraction of sp³-hybridized carbons (Fsp3) is 0.675. The van der Waals surface area contributed by atoms with Crippen LogP contribution in [0.5, 0.6) is 0 Å². The van der Waals surface area contributed by atoms with Crippen LogP contribution in [0.1, 0.15) is 91.7 Å². The van der Waals surface area contributed by atoms with Crippen LogP contribution in [0.3, 0.4) is 0 Å². The van der Waals surface area contributed by atoms with E-state index in [0.29, 0.717) is 30.5 Å². The number of nitrogens with two attached hydrogens (primary N) is 1. The summed E-state index contributed by atoms with van der Waals surface area (Å²) >= 11 is 0. The Morgan fingerprint density at radius 3 is 1.98 bits per heavy atom. The molecule has 2 atom stereocenters. The van der Waals surface area contributed by atoms with E-state index in [-0.39, 0.29) is 94.4 Å². The number of amides is 6. The van der Waals surface area contributed by atoms with E-state index in [1.165, 1.54) is 9.80 Å². The molecule has 6 amide bonds. The zero-order valence-electron chi connectivity index (χ0n) is 34.9. The van der Waals surface area contributed by atoms with Gasteiger partial charge in [0.25, 0.3) is 0 Å². The Morgan fingerprint density at radius 2 is 1.41 bits per heavy atom. The molecule has 0 bridgehead atoms. The Morgan fingerprint density at radius 1 is 0.804 bits per heavy atom. The van der Waals surface area contributed by atoms with Gasteiger partial charge in [0, 0.05) is 71.9 Å². The molecule has 0 aliphatic heterocycles. The molecule has 1 aromatic rings. The van der Waals surface area contributed by atoms with Gasteiger partial charge in [-0.1, -0.05) is 52.0 Å². The second-order valence-corrected chi connectivity index (χ2v) is 15.7. The quantitative estimate of drug-likeness (QED) is 0.105. The number of benzene rings is 1. The second kappa shape index (κ2) is 25.4. The number of urea groups is 1. The van der Waals surface area contributed by atoms with Gasteiger partial charge in [-0.2, -0.15) is 0 Å². The van der Waals surface area contributed by atoms with Gasteiger partial charge >= 0.3 is 18.2 Å². The number of hydrogen-bond donors (Lipinski definition) is 4. The minimum atomic E-state index is -0.881.